The predicted octanol–water partition coefficient (Wildman–Crippen LogP) is 5.83. The third-order valence-electron chi connectivity index (χ3n) is 8.27. The Bertz CT molecular complexity index is 1920. The molecule has 0 saturated carbocycles. The number of imidazole rings is 1. The molecule has 11 heteroatoms. The van der Waals surface area contributed by atoms with Crippen LogP contribution >= 0.6 is 0 Å². The molecule has 250 valence electrons. The van der Waals surface area contributed by atoms with E-state index in [-0.39, 0.29) is 25.1 Å². The van der Waals surface area contributed by atoms with Crippen LogP contribution in [-0.4, -0.2) is 63.6 Å². The van der Waals surface area contributed by atoms with Crippen molar-refractivity contribution < 1.29 is 28.8 Å². The molecule has 0 aliphatic carbocycles. The number of hydrogen-bond donors (Lipinski definition) is 2. The second-order valence-corrected chi connectivity index (χ2v) is 11.3. The number of nitrogens with zero attached hydrogens (tertiary/aromatic N) is 4. The normalized spacial score (nSPS) is 12.7. The predicted molar refractivity (Wildman–Crippen MR) is 185 cm³/mol. The maximum absolute atomic E-state index is 12.8. The van der Waals surface area contributed by atoms with Crippen LogP contribution in [-0.2, 0) is 21.8 Å². The number of fused-ring (bicyclic) bond motifs is 1. The Kier molecular flexibility index (Phi) is 10.2. The SMILES string of the molecule is COc1ccc(C(OC[C@@H](OCn2cnc3c(NC(=O)c4ccccc4)ncnc32)[C@H](C)O)(c2ccccc2)c2ccc(OC)cc2)cc1. The van der Waals surface area contributed by atoms with E-state index >= 15 is 0 Å². The fourth-order valence-corrected chi connectivity index (χ4v) is 5.62. The zero-order chi connectivity index (χ0) is 34.2. The summed E-state index contributed by atoms with van der Waals surface area (Å²) >= 11 is 0. The number of ether oxygens (including phenoxy) is 4. The Morgan fingerprint density at radius 3 is 1.94 bits per heavy atom. The summed E-state index contributed by atoms with van der Waals surface area (Å²) in [5.41, 5.74) is 2.87. The van der Waals surface area contributed by atoms with E-state index < -0.39 is 17.8 Å². The van der Waals surface area contributed by atoms with Gasteiger partial charge in [-0.05, 0) is 60.0 Å². The molecule has 49 heavy (non-hydrogen) atoms. The van der Waals surface area contributed by atoms with Gasteiger partial charge in [-0.3, -0.25) is 9.36 Å². The fraction of sp³-hybridized carbons (Fsp3) is 0.211. The summed E-state index contributed by atoms with van der Waals surface area (Å²) in [4.78, 5) is 25.9. The van der Waals surface area contributed by atoms with Crippen LogP contribution in [0.15, 0.2) is 122 Å². The molecule has 0 aliphatic heterocycles. The lowest BCUT2D eigenvalue weighted by Gasteiger charge is -2.37. The molecule has 2 atom stereocenters. The smallest absolute Gasteiger partial charge is 0.256 e. The maximum Gasteiger partial charge on any atom is 0.256 e. The molecule has 0 aliphatic rings. The first-order valence-electron chi connectivity index (χ1n) is 15.7. The number of carbonyl (C=O) groups excluding carboxylic acids is 1. The summed E-state index contributed by atoms with van der Waals surface area (Å²) in [7, 11) is 3.25. The Hall–Kier alpha value is -5.62. The van der Waals surface area contributed by atoms with Gasteiger partial charge in [-0.1, -0.05) is 72.8 Å². The number of carbonyl (C=O) groups is 1. The first-order valence-corrected chi connectivity index (χ1v) is 15.7. The number of methoxy groups -OCH3 is 2. The number of amides is 1. The van der Waals surface area contributed by atoms with Crippen LogP contribution in [0.4, 0.5) is 5.82 Å². The highest BCUT2D eigenvalue weighted by Gasteiger charge is 2.39. The van der Waals surface area contributed by atoms with Crippen LogP contribution in [0.2, 0.25) is 0 Å². The molecule has 1 amide bonds. The molecule has 4 aromatic carbocycles. The highest BCUT2D eigenvalue weighted by Crippen LogP contribution is 2.42. The number of nitrogens with one attached hydrogen (secondary N) is 1. The summed E-state index contributed by atoms with van der Waals surface area (Å²) in [6, 6.07) is 34.2. The number of hydrogen-bond acceptors (Lipinski definition) is 9. The maximum atomic E-state index is 12.8. The van der Waals surface area contributed by atoms with Crippen LogP contribution in [0.3, 0.4) is 0 Å². The number of aliphatic hydroxyl groups is 1. The van der Waals surface area contributed by atoms with E-state index in [1.54, 1.807) is 56.3 Å². The van der Waals surface area contributed by atoms with Crippen molar-refractivity contribution in [2.45, 2.75) is 31.5 Å². The van der Waals surface area contributed by atoms with Gasteiger partial charge in [0.05, 0.1) is 33.3 Å². The Morgan fingerprint density at radius 1 is 0.796 bits per heavy atom. The lowest BCUT2D eigenvalue weighted by molar-refractivity contribution is -0.119. The lowest BCUT2D eigenvalue weighted by atomic mass is 9.80. The van der Waals surface area contributed by atoms with Gasteiger partial charge in [0.2, 0.25) is 0 Å². The van der Waals surface area contributed by atoms with Crippen molar-refractivity contribution in [3.63, 3.8) is 0 Å². The van der Waals surface area contributed by atoms with Gasteiger partial charge < -0.3 is 29.4 Å². The average Bonchev–Trinajstić information content (AvgIpc) is 3.58. The van der Waals surface area contributed by atoms with E-state index in [9.17, 15) is 9.90 Å². The van der Waals surface area contributed by atoms with Crippen LogP contribution < -0.4 is 14.8 Å². The topological polar surface area (TPSA) is 130 Å². The van der Waals surface area contributed by atoms with Gasteiger partial charge in [0.15, 0.2) is 17.0 Å². The summed E-state index contributed by atoms with van der Waals surface area (Å²) in [5, 5.41) is 13.7. The first-order chi connectivity index (χ1) is 23.9. The highest BCUT2D eigenvalue weighted by molar-refractivity contribution is 6.06. The van der Waals surface area contributed by atoms with Gasteiger partial charge in [-0.25, -0.2) is 15.0 Å². The monoisotopic (exact) mass is 659 g/mol. The average molecular weight is 660 g/mol. The summed E-state index contributed by atoms with van der Waals surface area (Å²) in [6.07, 6.45) is 1.26. The summed E-state index contributed by atoms with van der Waals surface area (Å²) < 4.78 is 25.8. The molecule has 6 aromatic rings. The molecule has 0 saturated heterocycles. The van der Waals surface area contributed by atoms with E-state index in [4.69, 9.17) is 18.9 Å². The van der Waals surface area contributed by atoms with Crippen molar-refractivity contribution in [2.24, 2.45) is 0 Å². The van der Waals surface area contributed by atoms with Crippen molar-refractivity contribution in [2.75, 3.05) is 26.1 Å². The molecular formula is C38H37N5O6. The standard InChI is InChI=1S/C38H37N5O6/c1-26(44)33(48-25-43-24-41-34-35(39-23-40-36(34)43)42-37(45)27-10-6-4-7-11-27)22-49-38(28-12-8-5-9-13-28,29-14-18-31(46-2)19-15-29)30-16-20-32(47-3)21-17-30/h4-21,23-24,26,33,44H,22,25H2,1-3H3,(H,39,40,42,45)/t26-,33+/m0/s1. The first kappa shape index (κ1) is 33.3. The van der Waals surface area contributed by atoms with Crippen LogP contribution in [0.25, 0.3) is 11.2 Å². The molecule has 2 heterocycles. The minimum absolute atomic E-state index is 0.00191. The number of aliphatic hydroxyl groups excluding tert-OH is 1. The minimum atomic E-state index is -1.09. The molecule has 0 fully saturated rings. The lowest BCUT2D eigenvalue weighted by Crippen LogP contribution is -2.39. The van der Waals surface area contributed by atoms with Gasteiger partial charge >= 0.3 is 0 Å². The van der Waals surface area contributed by atoms with Gasteiger partial charge in [-0.2, -0.15) is 0 Å². The summed E-state index contributed by atoms with van der Waals surface area (Å²) in [6.45, 7) is 1.68. The van der Waals surface area contributed by atoms with Gasteiger partial charge in [0.25, 0.3) is 5.91 Å². The largest absolute Gasteiger partial charge is 0.497 e. The molecule has 11 nitrogen and oxygen atoms in total. The van der Waals surface area contributed by atoms with Crippen molar-refractivity contribution in [3.05, 3.63) is 144 Å². The second kappa shape index (κ2) is 15.1. The third kappa shape index (κ3) is 7.14. The van der Waals surface area contributed by atoms with Crippen molar-refractivity contribution in [1.29, 1.82) is 0 Å². The van der Waals surface area contributed by atoms with E-state index in [1.165, 1.54) is 6.33 Å². The Balaban J connectivity index is 1.28. The fourth-order valence-electron chi connectivity index (χ4n) is 5.62. The van der Waals surface area contributed by atoms with E-state index in [0.717, 1.165) is 16.7 Å². The van der Waals surface area contributed by atoms with E-state index in [1.807, 2.05) is 84.9 Å². The third-order valence-corrected chi connectivity index (χ3v) is 8.27. The van der Waals surface area contributed by atoms with Gasteiger partial charge in [0, 0.05) is 5.56 Å². The van der Waals surface area contributed by atoms with Gasteiger partial charge in [-0.15, -0.1) is 0 Å². The van der Waals surface area contributed by atoms with E-state index in [0.29, 0.717) is 28.2 Å². The second-order valence-electron chi connectivity index (χ2n) is 11.3. The number of rotatable bonds is 14. The molecule has 2 N–H and O–H groups in total. The molecule has 6 rings (SSSR count). The van der Waals surface area contributed by atoms with Crippen LogP contribution in [0.1, 0.15) is 34.0 Å². The van der Waals surface area contributed by atoms with Crippen molar-refractivity contribution in [3.8, 4) is 11.5 Å². The number of anilines is 1. The number of aromatic nitrogens is 4. The molecule has 0 bridgehead atoms. The molecular weight excluding hydrogens is 622 g/mol. The van der Waals surface area contributed by atoms with Gasteiger partial charge in [0.1, 0.15) is 36.3 Å². The Labute approximate surface area is 284 Å². The highest BCUT2D eigenvalue weighted by atomic mass is 16.6. The zero-order valence-electron chi connectivity index (χ0n) is 27.4. The Morgan fingerprint density at radius 2 is 1.37 bits per heavy atom. The van der Waals surface area contributed by atoms with E-state index in [2.05, 4.69) is 20.3 Å². The minimum Gasteiger partial charge on any atom is -0.497 e. The van der Waals surface area contributed by atoms with Crippen molar-refractivity contribution >= 4 is 22.9 Å². The molecule has 0 spiro atoms. The summed E-state index contributed by atoms with van der Waals surface area (Å²) in [5.74, 6) is 1.39. The van der Waals surface area contributed by atoms with Crippen LogP contribution in [0.5, 0.6) is 11.5 Å². The zero-order valence-corrected chi connectivity index (χ0v) is 27.4. The molecule has 2 aromatic heterocycles. The molecule has 0 radical (unpaired) electrons. The quantitative estimate of drug-likeness (QED) is 0.139. The molecule has 0 unspecified atom stereocenters. The number of benzene rings is 4. The van der Waals surface area contributed by atoms with Crippen LogP contribution in [0, 0.1) is 0 Å². The van der Waals surface area contributed by atoms with Crippen molar-refractivity contribution in [1.82, 2.24) is 19.5 Å².